The summed E-state index contributed by atoms with van der Waals surface area (Å²) in [5.41, 5.74) is 1.55. The summed E-state index contributed by atoms with van der Waals surface area (Å²) >= 11 is 0. The lowest BCUT2D eigenvalue weighted by molar-refractivity contribution is -0.136. The molecule has 0 saturated carbocycles. The number of phenols is 1. The predicted molar refractivity (Wildman–Crippen MR) is 137 cm³/mol. The summed E-state index contributed by atoms with van der Waals surface area (Å²) in [4.78, 5) is 24.2. The highest BCUT2D eigenvalue weighted by atomic mass is 16.7. The zero-order valence-electron chi connectivity index (χ0n) is 22.1. The summed E-state index contributed by atoms with van der Waals surface area (Å²) in [6.07, 6.45) is 0.669. The van der Waals surface area contributed by atoms with E-state index in [9.17, 15) is 19.8 Å². The summed E-state index contributed by atoms with van der Waals surface area (Å²) in [6.45, 7) is 0. The van der Waals surface area contributed by atoms with Crippen molar-refractivity contribution in [2.75, 3.05) is 35.5 Å². The number of aryl methyl sites for hydroxylation is 1. The molecule has 2 aliphatic rings. The molecule has 39 heavy (non-hydrogen) atoms. The molecule has 1 spiro atoms. The molecule has 0 aliphatic carbocycles. The Bertz CT molecular complexity index is 1510. The second-order valence-electron chi connectivity index (χ2n) is 9.23. The second-order valence-corrected chi connectivity index (χ2v) is 9.23. The van der Waals surface area contributed by atoms with Crippen molar-refractivity contribution in [1.82, 2.24) is 0 Å². The van der Waals surface area contributed by atoms with Gasteiger partial charge in [-0.25, -0.2) is 4.79 Å². The van der Waals surface area contributed by atoms with Gasteiger partial charge in [0.15, 0.2) is 23.0 Å². The lowest BCUT2D eigenvalue weighted by atomic mass is 9.91. The number of aromatic hydroxyl groups is 1. The van der Waals surface area contributed by atoms with E-state index in [0.29, 0.717) is 57.7 Å². The van der Waals surface area contributed by atoms with E-state index in [1.54, 1.807) is 12.1 Å². The minimum absolute atomic E-state index is 0.0216. The van der Waals surface area contributed by atoms with Gasteiger partial charge in [0, 0.05) is 23.4 Å². The highest BCUT2D eigenvalue weighted by molar-refractivity contribution is 6.02. The third-order valence-electron chi connectivity index (χ3n) is 7.09. The van der Waals surface area contributed by atoms with Gasteiger partial charge in [0.05, 0.1) is 53.8 Å². The van der Waals surface area contributed by atoms with Gasteiger partial charge >= 0.3 is 11.9 Å². The van der Waals surface area contributed by atoms with Crippen LogP contribution in [0.1, 0.15) is 33.5 Å². The summed E-state index contributed by atoms with van der Waals surface area (Å²) in [5.74, 6) is -1.18. The highest BCUT2D eigenvalue weighted by Crippen LogP contribution is 2.57. The van der Waals surface area contributed by atoms with E-state index in [-0.39, 0.29) is 34.8 Å². The number of benzene rings is 3. The van der Waals surface area contributed by atoms with Crippen molar-refractivity contribution in [3.63, 3.8) is 0 Å². The first-order valence-electron chi connectivity index (χ1n) is 12.1. The Balaban J connectivity index is 1.66. The van der Waals surface area contributed by atoms with Crippen molar-refractivity contribution in [2.45, 2.75) is 31.5 Å². The van der Waals surface area contributed by atoms with Crippen LogP contribution in [0.5, 0.6) is 40.2 Å². The molecule has 5 rings (SSSR count). The fourth-order valence-electron chi connectivity index (χ4n) is 5.47. The number of hydrogen-bond donors (Lipinski definition) is 2. The van der Waals surface area contributed by atoms with Crippen molar-refractivity contribution in [2.24, 2.45) is 0 Å². The number of carboxylic acids is 1. The predicted octanol–water partition coefficient (Wildman–Crippen LogP) is 3.65. The number of carbonyl (C=O) groups is 2. The fraction of sp³-hybridized carbons (Fsp3) is 0.357. The summed E-state index contributed by atoms with van der Waals surface area (Å²) < 4.78 is 40.3. The highest BCUT2D eigenvalue weighted by Gasteiger charge is 2.49. The summed E-state index contributed by atoms with van der Waals surface area (Å²) in [6, 6.07) is 4.84. The second kappa shape index (κ2) is 9.64. The van der Waals surface area contributed by atoms with Gasteiger partial charge < -0.3 is 43.4 Å². The van der Waals surface area contributed by atoms with Crippen molar-refractivity contribution < 1.29 is 53.0 Å². The molecule has 11 nitrogen and oxygen atoms in total. The Kier molecular flexibility index (Phi) is 6.45. The van der Waals surface area contributed by atoms with Crippen LogP contribution in [0, 0.1) is 0 Å². The quantitative estimate of drug-likeness (QED) is 0.425. The number of aliphatic carboxylic acids is 1. The van der Waals surface area contributed by atoms with Crippen LogP contribution in [0.15, 0.2) is 18.2 Å². The first-order valence-corrected chi connectivity index (χ1v) is 12.1. The molecule has 1 atom stereocenters. The fourth-order valence-corrected chi connectivity index (χ4v) is 5.47. The monoisotopic (exact) mass is 540 g/mol. The van der Waals surface area contributed by atoms with E-state index in [1.165, 1.54) is 41.6 Å². The van der Waals surface area contributed by atoms with Gasteiger partial charge in [0.2, 0.25) is 0 Å². The number of rotatable bonds is 7. The van der Waals surface area contributed by atoms with E-state index in [0.717, 1.165) is 0 Å². The molecule has 0 saturated heterocycles. The number of ether oxygens (including phenoxy) is 7. The zero-order chi connectivity index (χ0) is 28.1. The minimum atomic E-state index is -1.22. The number of phenolic OH excluding ortho intramolecular Hbond substituents is 1. The molecular formula is C28H28O11. The molecule has 3 aromatic rings. The smallest absolute Gasteiger partial charge is 0.342 e. The first kappa shape index (κ1) is 26.1. The van der Waals surface area contributed by atoms with Gasteiger partial charge in [-0.2, -0.15) is 0 Å². The Morgan fingerprint density at radius 3 is 2.23 bits per heavy atom. The largest absolute Gasteiger partial charge is 0.507 e. The molecule has 0 aromatic heterocycles. The van der Waals surface area contributed by atoms with Gasteiger partial charge in [-0.15, -0.1) is 0 Å². The third-order valence-corrected chi connectivity index (χ3v) is 7.09. The van der Waals surface area contributed by atoms with Crippen LogP contribution >= 0.6 is 0 Å². The van der Waals surface area contributed by atoms with Crippen molar-refractivity contribution in [3.8, 4) is 40.2 Å². The molecule has 2 heterocycles. The Hall–Kier alpha value is -4.54. The van der Waals surface area contributed by atoms with Gasteiger partial charge in [-0.1, -0.05) is 6.07 Å². The normalized spacial score (nSPS) is 17.1. The number of hydrogen-bond acceptors (Lipinski definition) is 10. The van der Waals surface area contributed by atoms with Gasteiger partial charge in [-0.05, 0) is 23.6 Å². The van der Waals surface area contributed by atoms with Gasteiger partial charge in [0.25, 0.3) is 5.79 Å². The minimum Gasteiger partial charge on any atom is -0.507 e. The van der Waals surface area contributed by atoms with Crippen LogP contribution < -0.4 is 28.4 Å². The lowest BCUT2D eigenvalue weighted by Crippen LogP contribution is -2.44. The average molecular weight is 541 g/mol. The number of carbonyl (C=O) groups excluding carboxylic acids is 1. The molecule has 3 aromatic carbocycles. The van der Waals surface area contributed by atoms with Gasteiger partial charge in [-0.3, -0.25) is 4.79 Å². The molecule has 1 unspecified atom stereocenters. The van der Waals surface area contributed by atoms with E-state index >= 15 is 0 Å². The number of carboxylic acid groups (broad SMARTS) is 1. The van der Waals surface area contributed by atoms with Crippen LogP contribution in [0.2, 0.25) is 0 Å². The van der Waals surface area contributed by atoms with Crippen LogP contribution in [0.3, 0.4) is 0 Å². The Morgan fingerprint density at radius 1 is 0.923 bits per heavy atom. The lowest BCUT2D eigenvalue weighted by Gasteiger charge is -2.36. The Morgan fingerprint density at radius 2 is 1.62 bits per heavy atom. The standard InChI is InChI=1S/C28H28O11/c1-33-15-10-16-21(18(29)11-15)23(34-2)17-12-28(39-25(17)24(16)35-3)7-6-13-8-14(9-19(30)31)20(27(32)37-5)26(36-4)22(13)38-28/h8,10-11,29H,6-7,9,12H2,1-5H3,(H,30,31). The van der Waals surface area contributed by atoms with Gasteiger partial charge in [0.1, 0.15) is 22.8 Å². The number of methoxy groups -OCH3 is 5. The molecule has 0 fully saturated rings. The maximum atomic E-state index is 12.7. The SMILES string of the molecule is COC(=O)c1c(CC(=O)O)cc2c(c1OC)OC1(CC2)Cc2c(c(OC)c3cc(OC)cc(O)c3c2OC)O1. The summed E-state index contributed by atoms with van der Waals surface area (Å²) in [5, 5.41) is 21.2. The van der Waals surface area contributed by atoms with Crippen LogP contribution in [0.25, 0.3) is 10.8 Å². The molecule has 0 bridgehead atoms. The maximum absolute atomic E-state index is 12.7. The van der Waals surface area contributed by atoms with Crippen LogP contribution in [-0.4, -0.2) is 63.5 Å². The average Bonchev–Trinajstić information content (AvgIpc) is 3.28. The maximum Gasteiger partial charge on any atom is 0.342 e. The van der Waals surface area contributed by atoms with Crippen LogP contribution in [0.4, 0.5) is 0 Å². The van der Waals surface area contributed by atoms with E-state index in [4.69, 9.17) is 33.2 Å². The molecule has 0 amide bonds. The molecule has 11 heteroatoms. The number of fused-ring (bicyclic) bond motifs is 3. The number of esters is 1. The molecular weight excluding hydrogens is 512 g/mol. The zero-order valence-corrected chi connectivity index (χ0v) is 22.1. The van der Waals surface area contributed by atoms with E-state index in [1.807, 2.05) is 0 Å². The van der Waals surface area contributed by atoms with Crippen molar-refractivity contribution in [1.29, 1.82) is 0 Å². The third kappa shape index (κ3) is 4.05. The Labute approximate surface area is 223 Å². The molecule has 0 radical (unpaired) electrons. The van der Waals surface area contributed by atoms with E-state index in [2.05, 4.69) is 0 Å². The molecule has 2 aliphatic heterocycles. The van der Waals surface area contributed by atoms with Crippen LogP contribution in [-0.2, 0) is 28.8 Å². The van der Waals surface area contributed by atoms with E-state index < -0.39 is 24.1 Å². The summed E-state index contributed by atoms with van der Waals surface area (Å²) in [7, 11) is 7.07. The molecule has 2 N–H and O–H groups in total. The molecule has 206 valence electrons. The topological polar surface area (TPSA) is 139 Å². The van der Waals surface area contributed by atoms with Crippen molar-refractivity contribution >= 4 is 22.7 Å². The van der Waals surface area contributed by atoms with Crippen molar-refractivity contribution in [3.05, 3.63) is 40.5 Å². The first-order chi connectivity index (χ1) is 18.7.